The van der Waals surface area contributed by atoms with Crippen LogP contribution in [-0.4, -0.2) is 23.0 Å². The minimum Gasteiger partial charge on any atom is -0.493 e. The lowest BCUT2D eigenvalue weighted by Gasteiger charge is -2.45. The van der Waals surface area contributed by atoms with E-state index >= 15 is 0 Å². The van der Waals surface area contributed by atoms with Gasteiger partial charge in [0.2, 0.25) is 5.88 Å². The van der Waals surface area contributed by atoms with Crippen molar-refractivity contribution in [3.63, 3.8) is 0 Å². The molecule has 0 saturated heterocycles. The van der Waals surface area contributed by atoms with Crippen LogP contribution in [0.5, 0.6) is 11.6 Å². The first-order valence-corrected chi connectivity index (χ1v) is 8.90. The van der Waals surface area contributed by atoms with E-state index in [0.717, 1.165) is 39.8 Å². The first-order valence-electron chi connectivity index (χ1n) is 8.90. The Morgan fingerprint density at radius 1 is 1.12 bits per heavy atom. The van der Waals surface area contributed by atoms with Crippen LogP contribution in [0.25, 0.3) is 5.69 Å². The van der Waals surface area contributed by atoms with Gasteiger partial charge in [0, 0.05) is 28.1 Å². The number of rotatable bonds is 1. The van der Waals surface area contributed by atoms with Crippen LogP contribution < -0.4 is 15.2 Å². The number of para-hydroxylation sites is 1. The molecule has 0 fully saturated rings. The van der Waals surface area contributed by atoms with E-state index in [2.05, 4.69) is 13.8 Å². The van der Waals surface area contributed by atoms with Crippen LogP contribution in [0.15, 0.2) is 48.5 Å². The van der Waals surface area contributed by atoms with Crippen LogP contribution in [-0.2, 0) is 5.41 Å². The van der Waals surface area contributed by atoms with Crippen molar-refractivity contribution < 1.29 is 9.47 Å². The summed E-state index contributed by atoms with van der Waals surface area (Å²) in [7, 11) is 0. The molecular formula is C21H21N3O2. The topological polar surface area (TPSA) is 62.3 Å². The van der Waals surface area contributed by atoms with Gasteiger partial charge in [-0.2, -0.15) is 5.10 Å². The number of hydrogen-bond donors (Lipinski definition) is 1. The Balaban J connectivity index is 1.77. The fraction of sp³-hybridized carbons (Fsp3) is 0.286. The van der Waals surface area contributed by atoms with Crippen molar-refractivity contribution in [1.29, 1.82) is 0 Å². The number of nitrogen functional groups attached to an aromatic ring is 1. The highest BCUT2D eigenvalue weighted by atomic mass is 16.5. The van der Waals surface area contributed by atoms with Crippen molar-refractivity contribution in [1.82, 2.24) is 9.78 Å². The average Bonchev–Trinajstić information content (AvgIpc) is 3.00. The Morgan fingerprint density at radius 3 is 2.69 bits per heavy atom. The van der Waals surface area contributed by atoms with Gasteiger partial charge in [0.15, 0.2) is 0 Å². The highest BCUT2D eigenvalue weighted by molar-refractivity contribution is 5.60. The quantitative estimate of drug-likeness (QED) is 0.685. The van der Waals surface area contributed by atoms with Gasteiger partial charge in [-0.05, 0) is 37.3 Å². The lowest BCUT2D eigenvalue weighted by atomic mass is 9.65. The monoisotopic (exact) mass is 347 g/mol. The van der Waals surface area contributed by atoms with Crippen molar-refractivity contribution in [3.05, 3.63) is 65.4 Å². The van der Waals surface area contributed by atoms with Crippen LogP contribution in [0.3, 0.4) is 0 Å². The number of ether oxygens (including phenoxy) is 2. The van der Waals surface area contributed by atoms with Crippen LogP contribution in [0, 0.1) is 12.8 Å². The van der Waals surface area contributed by atoms with E-state index in [1.807, 2.05) is 53.2 Å². The maximum atomic E-state index is 6.20. The molecule has 2 atom stereocenters. The number of hydrogen-bond acceptors (Lipinski definition) is 4. The Bertz CT molecular complexity index is 996. The third kappa shape index (κ3) is 1.94. The SMILES string of the molecule is Cc1nn(-c2ccccc2)c2c1[C@]1(C)c3cc(N)ccc3OC[C@@H]1CO2. The summed E-state index contributed by atoms with van der Waals surface area (Å²) in [6.07, 6.45) is 0. The molecule has 0 saturated carbocycles. The highest BCUT2D eigenvalue weighted by Crippen LogP contribution is 2.53. The zero-order valence-electron chi connectivity index (χ0n) is 14.9. The number of nitrogens with two attached hydrogens (primary N) is 1. The van der Waals surface area contributed by atoms with E-state index in [9.17, 15) is 0 Å². The summed E-state index contributed by atoms with van der Waals surface area (Å²) in [4.78, 5) is 0. The van der Waals surface area contributed by atoms with Gasteiger partial charge in [0.25, 0.3) is 0 Å². The van der Waals surface area contributed by atoms with E-state index in [-0.39, 0.29) is 11.3 Å². The average molecular weight is 347 g/mol. The molecule has 5 nitrogen and oxygen atoms in total. The largest absolute Gasteiger partial charge is 0.493 e. The standard InChI is InChI=1S/C21H21N3O2/c1-13-19-20(24(23-13)16-6-4-3-5-7-16)26-12-14-11-25-18-9-8-15(22)10-17(18)21(14,19)2/h3-10,14H,11-12,22H2,1-2H3/t14-,21+/m1/s1. The molecule has 1 aromatic heterocycles. The summed E-state index contributed by atoms with van der Waals surface area (Å²) >= 11 is 0. The van der Waals surface area contributed by atoms with E-state index in [4.69, 9.17) is 20.3 Å². The minimum absolute atomic E-state index is 0.219. The molecule has 2 N–H and O–H groups in total. The lowest BCUT2D eigenvalue weighted by molar-refractivity contribution is 0.0827. The van der Waals surface area contributed by atoms with Gasteiger partial charge in [-0.3, -0.25) is 0 Å². The molecule has 2 aromatic carbocycles. The summed E-state index contributed by atoms with van der Waals surface area (Å²) in [5.41, 5.74) is 10.8. The first-order chi connectivity index (χ1) is 12.6. The summed E-state index contributed by atoms with van der Waals surface area (Å²) in [5.74, 6) is 1.94. The van der Waals surface area contributed by atoms with Crippen molar-refractivity contribution in [2.24, 2.45) is 5.92 Å². The third-order valence-electron chi connectivity index (χ3n) is 5.78. The molecular weight excluding hydrogens is 326 g/mol. The molecule has 3 heterocycles. The molecule has 0 radical (unpaired) electrons. The van der Waals surface area contributed by atoms with Crippen LogP contribution in [0.4, 0.5) is 5.69 Å². The first kappa shape index (κ1) is 15.3. The van der Waals surface area contributed by atoms with Crippen molar-refractivity contribution in [2.75, 3.05) is 18.9 Å². The van der Waals surface area contributed by atoms with E-state index in [0.29, 0.717) is 13.2 Å². The molecule has 2 aliphatic heterocycles. The second-order valence-electron chi connectivity index (χ2n) is 7.29. The predicted octanol–water partition coefficient (Wildman–Crippen LogP) is 3.47. The molecule has 0 amide bonds. The number of aromatic nitrogens is 2. The predicted molar refractivity (Wildman–Crippen MR) is 100 cm³/mol. The zero-order valence-corrected chi connectivity index (χ0v) is 14.9. The molecule has 5 rings (SSSR count). The summed E-state index contributed by atoms with van der Waals surface area (Å²) in [6, 6.07) is 16.0. The second kappa shape index (κ2) is 5.27. The number of anilines is 1. The molecule has 132 valence electrons. The molecule has 5 heteroatoms. The maximum absolute atomic E-state index is 6.20. The fourth-order valence-electron chi connectivity index (χ4n) is 4.37. The van der Waals surface area contributed by atoms with Crippen LogP contribution in [0.2, 0.25) is 0 Å². The molecule has 3 aromatic rings. The maximum Gasteiger partial charge on any atom is 0.221 e. The number of nitrogens with zero attached hydrogens (tertiary/aromatic N) is 2. The van der Waals surface area contributed by atoms with Gasteiger partial charge in [-0.1, -0.05) is 25.1 Å². The zero-order chi connectivity index (χ0) is 17.9. The molecule has 2 aliphatic rings. The fourth-order valence-corrected chi connectivity index (χ4v) is 4.37. The highest BCUT2D eigenvalue weighted by Gasteiger charge is 2.50. The van der Waals surface area contributed by atoms with E-state index in [1.54, 1.807) is 0 Å². The molecule has 26 heavy (non-hydrogen) atoms. The Hall–Kier alpha value is -2.95. The van der Waals surface area contributed by atoms with Crippen molar-refractivity contribution in [3.8, 4) is 17.3 Å². The van der Waals surface area contributed by atoms with E-state index in [1.165, 1.54) is 0 Å². The summed E-state index contributed by atoms with van der Waals surface area (Å²) in [5, 5.41) is 4.81. The van der Waals surface area contributed by atoms with Crippen LogP contribution in [0.1, 0.15) is 23.7 Å². The normalized spacial score (nSPS) is 23.2. The van der Waals surface area contributed by atoms with Gasteiger partial charge in [-0.15, -0.1) is 0 Å². The smallest absolute Gasteiger partial charge is 0.221 e. The number of aryl methyl sites for hydroxylation is 1. The second-order valence-corrected chi connectivity index (χ2v) is 7.29. The molecule has 0 aliphatic carbocycles. The molecule has 0 spiro atoms. The van der Waals surface area contributed by atoms with Crippen molar-refractivity contribution >= 4 is 5.69 Å². The van der Waals surface area contributed by atoms with Gasteiger partial charge in [0.05, 0.1) is 24.6 Å². The third-order valence-corrected chi connectivity index (χ3v) is 5.78. The van der Waals surface area contributed by atoms with Gasteiger partial charge in [0.1, 0.15) is 5.75 Å². The van der Waals surface area contributed by atoms with Crippen LogP contribution >= 0.6 is 0 Å². The minimum atomic E-state index is -0.242. The van der Waals surface area contributed by atoms with Crippen molar-refractivity contribution in [2.45, 2.75) is 19.3 Å². The summed E-state index contributed by atoms with van der Waals surface area (Å²) < 4.78 is 14.1. The van der Waals surface area contributed by atoms with Gasteiger partial charge in [-0.25, -0.2) is 4.68 Å². The van der Waals surface area contributed by atoms with Gasteiger partial charge >= 0.3 is 0 Å². The lowest BCUT2D eigenvalue weighted by Crippen LogP contribution is -2.47. The van der Waals surface area contributed by atoms with Gasteiger partial charge < -0.3 is 15.2 Å². The molecule has 0 bridgehead atoms. The molecule has 0 unspecified atom stereocenters. The summed E-state index contributed by atoms with van der Waals surface area (Å²) in [6.45, 7) is 5.54. The Labute approximate surface area is 152 Å². The van der Waals surface area contributed by atoms with E-state index < -0.39 is 0 Å². The number of benzene rings is 2. The Morgan fingerprint density at radius 2 is 1.88 bits per heavy atom. The Kier molecular flexibility index (Phi) is 3.11. The number of fused-ring (bicyclic) bond motifs is 5.